The number of hydrogen-bond acceptors (Lipinski definition) is 7. The molecule has 8 heteroatoms. The van der Waals surface area contributed by atoms with Crippen LogP contribution in [0.2, 0.25) is 0 Å². The number of aromatic carboxylic acids is 1. The van der Waals surface area contributed by atoms with Gasteiger partial charge in [0.2, 0.25) is 0 Å². The van der Waals surface area contributed by atoms with E-state index in [1.807, 2.05) is 18.7 Å². The summed E-state index contributed by atoms with van der Waals surface area (Å²) in [6.45, 7) is 5.16. The minimum atomic E-state index is -1.10. The van der Waals surface area contributed by atoms with E-state index >= 15 is 0 Å². The average molecular weight is 350 g/mol. The van der Waals surface area contributed by atoms with Crippen LogP contribution in [0.1, 0.15) is 24.2 Å². The van der Waals surface area contributed by atoms with Crippen molar-refractivity contribution in [2.24, 2.45) is 0 Å². The highest BCUT2D eigenvalue weighted by Crippen LogP contribution is 2.25. The Balaban J connectivity index is 3.26. The average Bonchev–Trinajstić information content (AvgIpc) is 2.61. The smallest absolute Gasteiger partial charge is 0.354 e. The lowest BCUT2D eigenvalue weighted by molar-refractivity contribution is -0.138. The Morgan fingerprint density at radius 2 is 1.80 bits per heavy atom. The molecule has 136 valence electrons. The van der Waals surface area contributed by atoms with Gasteiger partial charge in [0.05, 0.1) is 31.5 Å². The molecule has 1 aromatic rings. The van der Waals surface area contributed by atoms with Crippen LogP contribution >= 0.6 is 0 Å². The van der Waals surface area contributed by atoms with Crippen molar-refractivity contribution in [3.05, 3.63) is 35.5 Å². The maximum Gasteiger partial charge on any atom is 0.354 e. The molecule has 0 aliphatic heterocycles. The topological polar surface area (TPSA) is 105 Å². The highest BCUT2D eigenvalue weighted by molar-refractivity contribution is 6.00. The van der Waals surface area contributed by atoms with Gasteiger partial charge in [-0.25, -0.2) is 14.4 Å². The van der Waals surface area contributed by atoms with Crippen molar-refractivity contribution in [3.8, 4) is 0 Å². The van der Waals surface area contributed by atoms with E-state index < -0.39 is 17.9 Å². The van der Waals surface area contributed by atoms with Gasteiger partial charge in [-0.05, 0) is 32.0 Å². The summed E-state index contributed by atoms with van der Waals surface area (Å²) in [6.07, 6.45) is 0.935. The van der Waals surface area contributed by atoms with Crippen LogP contribution in [0.25, 0.3) is 0 Å². The van der Waals surface area contributed by atoms with E-state index in [1.165, 1.54) is 20.3 Å². The van der Waals surface area contributed by atoms with Crippen molar-refractivity contribution in [2.75, 3.05) is 37.5 Å². The molecule has 25 heavy (non-hydrogen) atoms. The van der Waals surface area contributed by atoms with E-state index in [4.69, 9.17) is 0 Å². The van der Waals surface area contributed by atoms with Gasteiger partial charge in [0.15, 0.2) is 0 Å². The SMILES string of the molecule is CCN(CC)c1ccc(N/C(=C/C(=O)OC)C(=O)OC)cc1C(=O)O. The summed E-state index contributed by atoms with van der Waals surface area (Å²) >= 11 is 0. The first kappa shape index (κ1) is 20.0. The summed E-state index contributed by atoms with van der Waals surface area (Å²) in [7, 11) is 2.34. The zero-order valence-electron chi connectivity index (χ0n) is 14.7. The molecule has 0 saturated heterocycles. The largest absolute Gasteiger partial charge is 0.478 e. The second-order valence-electron chi connectivity index (χ2n) is 4.91. The van der Waals surface area contributed by atoms with E-state index in [9.17, 15) is 19.5 Å². The number of carbonyl (C=O) groups is 3. The van der Waals surface area contributed by atoms with Gasteiger partial charge in [-0.2, -0.15) is 0 Å². The van der Waals surface area contributed by atoms with Crippen molar-refractivity contribution in [2.45, 2.75) is 13.8 Å². The number of nitrogens with zero attached hydrogens (tertiary/aromatic N) is 1. The molecule has 8 nitrogen and oxygen atoms in total. The van der Waals surface area contributed by atoms with Gasteiger partial charge in [0.1, 0.15) is 5.70 Å². The van der Waals surface area contributed by atoms with Crippen LogP contribution in [0, 0.1) is 0 Å². The molecular weight excluding hydrogens is 328 g/mol. The summed E-state index contributed by atoms with van der Waals surface area (Å²) in [6, 6.07) is 4.66. The minimum Gasteiger partial charge on any atom is -0.478 e. The zero-order valence-corrected chi connectivity index (χ0v) is 14.7. The maximum absolute atomic E-state index is 11.8. The summed E-state index contributed by atoms with van der Waals surface area (Å²) < 4.78 is 9.09. The van der Waals surface area contributed by atoms with Gasteiger partial charge >= 0.3 is 17.9 Å². The van der Waals surface area contributed by atoms with Crippen molar-refractivity contribution in [3.63, 3.8) is 0 Å². The number of carbonyl (C=O) groups excluding carboxylic acids is 2. The number of esters is 2. The number of rotatable bonds is 8. The van der Waals surface area contributed by atoms with Gasteiger partial charge in [-0.15, -0.1) is 0 Å². The number of anilines is 2. The van der Waals surface area contributed by atoms with Crippen LogP contribution in [0.15, 0.2) is 30.0 Å². The Morgan fingerprint density at radius 1 is 1.16 bits per heavy atom. The highest BCUT2D eigenvalue weighted by atomic mass is 16.5. The summed E-state index contributed by atoms with van der Waals surface area (Å²) in [5, 5.41) is 12.2. The molecule has 0 heterocycles. The Bertz CT molecular complexity index is 680. The fourth-order valence-electron chi connectivity index (χ4n) is 2.21. The van der Waals surface area contributed by atoms with Crippen molar-refractivity contribution in [1.29, 1.82) is 0 Å². The van der Waals surface area contributed by atoms with Gasteiger partial charge in [-0.1, -0.05) is 0 Å². The number of ether oxygens (including phenoxy) is 2. The quantitative estimate of drug-likeness (QED) is 0.541. The van der Waals surface area contributed by atoms with Gasteiger partial charge in [0.25, 0.3) is 0 Å². The third-order valence-electron chi connectivity index (χ3n) is 3.48. The van der Waals surface area contributed by atoms with Crippen LogP contribution in [-0.4, -0.2) is 50.3 Å². The normalized spacial score (nSPS) is 10.8. The van der Waals surface area contributed by atoms with Crippen molar-refractivity contribution < 1.29 is 29.0 Å². The predicted molar refractivity (Wildman–Crippen MR) is 92.7 cm³/mol. The molecule has 1 aromatic carbocycles. The van der Waals surface area contributed by atoms with Crippen LogP contribution in [0.4, 0.5) is 11.4 Å². The molecule has 0 aliphatic rings. The lowest BCUT2D eigenvalue weighted by Gasteiger charge is -2.23. The molecule has 0 atom stereocenters. The number of hydrogen-bond donors (Lipinski definition) is 2. The highest BCUT2D eigenvalue weighted by Gasteiger charge is 2.17. The molecule has 0 bridgehead atoms. The third kappa shape index (κ3) is 5.23. The second-order valence-corrected chi connectivity index (χ2v) is 4.91. The first-order valence-electron chi connectivity index (χ1n) is 7.65. The van der Waals surface area contributed by atoms with Gasteiger partial charge in [-0.3, -0.25) is 0 Å². The lowest BCUT2D eigenvalue weighted by Crippen LogP contribution is -2.24. The Hall–Kier alpha value is -3.03. The Morgan fingerprint density at radius 3 is 2.28 bits per heavy atom. The zero-order chi connectivity index (χ0) is 19.0. The van der Waals surface area contributed by atoms with Crippen LogP contribution in [0.5, 0.6) is 0 Å². The molecule has 0 aliphatic carbocycles. The fraction of sp³-hybridized carbons (Fsp3) is 0.353. The van der Waals surface area contributed by atoms with Gasteiger partial charge < -0.3 is 24.8 Å². The molecule has 0 fully saturated rings. The maximum atomic E-state index is 11.8. The standard InChI is InChI=1S/C17H22N2O6/c1-5-19(6-2)14-8-7-11(9-12(14)16(21)22)18-13(17(23)25-4)10-15(20)24-3/h7-10,18H,5-6H2,1-4H3,(H,21,22)/b13-10+. The molecule has 0 amide bonds. The number of benzene rings is 1. The first-order chi connectivity index (χ1) is 11.9. The predicted octanol–water partition coefficient (Wildman–Crippen LogP) is 1.87. The fourth-order valence-corrected chi connectivity index (χ4v) is 2.21. The van der Waals surface area contributed by atoms with Gasteiger partial charge in [0, 0.05) is 18.8 Å². The van der Waals surface area contributed by atoms with E-state index in [0.717, 1.165) is 6.08 Å². The van der Waals surface area contributed by atoms with Crippen molar-refractivity contribution >= 4 is 29.3 Å². The molecule has 0 aromatic heterocycles. The molecule has 2 N–H and O–H groups in total. The van der Waals surface area contributed by atoms with Crippen LogP contribution in [0.3, 0.4) is 0 Å². The summed E-state index contributed by atoms with van der Waals surface area (Å²) in [5.74, 6) is -2.62. The Labute approximate surface area is 146 Å². The summed E-state index contributed by atoms with van der Waals surface area (Å²) in [4.78, 5) is 36.6. The molecular formula is C17H22N2O6. The molecule has 1 rings (SSSR count). The van der Waals surface area contributed by atoms with Crippen molar-refractivity contribution in [1.82, 2.24) is 0 Å². The van der Waals surface area contributed by atoms with E-state index in [1.54, 1.807) is 12.1 Å². The minimum absolute atomic E-state index is 0.0796. The van der Waals surface area contributed by atoms with E-state index in [0.29, 0.717) is 24.5 Å². The monoisotopic (exact) mass is 350 g/mol. The third-order valence-corrected chi connectivity index (χ3v) is 3.48. The van der Waals surface area contributed by atoms with E-state index in [-0.39, 0.29) is 11.3 Å². The molecule has 0 saturated carbocycles. The first-order valence-corrected chi connectivity index (χ1v) is 7.65. The number of nitrogens with one attached hydrogen (secondary N) is 1. The summed E-state index contributed by atoms with van der Waals surface area (Å²) in [5.41, 5.74) is 0.811. The van der Waals surface area contributed by atoms with E-state index in [2.05, 4.69) is 14.8 Å². The molecule has 0 spiro atoms. The number of carboxylic acids is 1. The molecule has 0 radical (unpaired) electrons. The number of methoxy groups -OCH3 is 2. The second kappa shape index (κ2) is 9.31. The number of carboxylic acid groups (broad SMARTS) is 1. The van der Waals surface area contributed by atoms with Crippen LogP contribution < -0.4 is 10.2 Å². The molecule has 0 unspecified atom stereocenters. The van der Waals surface area contributed by atoms with Crippen LogP contribution in [-0.2, 0) is 19.1 Å². The lowest BCUT2D eigenvalue weighted by atomic mass is 10.1. The Kier molecular flexibility index (Phi) is 7.45.